The van der Waals surface area contributed by atoms with Crippen LogP contribution in [-0.4, -0.2) is 72.3 Å². The summed E-state index contributed by atoms with van der Waals surface area (Å²) < 4.78 is 0. The summed E-state index contributed by atoms with van der Waals surface area (Å²) in [7, 11) is 0. The predicted octanol–water partition coefficient (Wildman–Crippen LogP) is 3.03. The normalized spacial score (nSPS) is 24.0. The highest BCUT2D eigenvalue weighted by Crippen LogP contribution is 2.34. The van der Waals surface area contributed by atoms with E-state index in [-0.39, 0.29) is 11.8 Å². The molecule has 2 fully saturated rings. The minimum Gasteiger partial charge on any atom is -0.340 e. The Bertz CT molecular complexity index is 701. The van der Waals surface area contributed by atoms with Gasteiger partial charge in [0.15, 0.2) is 0 Å². The number of thiophene rings is 1. The Morgan fingerprint density at radius 1 is 1.00 bits per heavy atom. The van der Waals surface area contributed by atoms with Gasteiger partial charge in [-0.2, -0.15) is 0 Å². The van der Waals surface area contributed by atoms with Gasteiger partial charge in [-0.25, -0.2) is 0 Å². The molecule has 2 aliphatic heterocycles. The number of piperazine rings is 1. The van der Waals surface area contributed by atoms with Gasteiger partial charge >= 0.3 is 0 Å². The fourth-order valence-electron chi connectivity index (χ4n) is 4.81. The molecule has 0 aromatic carbocycles. The van der Waals surface area contributed by atoms with E-state index in [2.05, 4.69) is 22.8 Å². The molecule has 1 atom stereocenters. The molecule has 1 unspecified atom stereocenters. The lowest BCUT2D eigenvalue weighted by Gasteiger charge is -2.36. The van der Waals surface area contributed by atoms with Crippen molar-refractivity contribution in [3.8, 4) is 0 Å². The van der Waals surface area contributed by atoms with Gasteiger partial charge in [-0.3, -0.25) is 9.59 Å². The number of aryl methyl sites for hydroxylation is 1. The lowest BCUT2D eigenvalue weighted by atomic mass is 9.87. The smallest absolute Gasteiger partial charge is 0.263 e. The van der Waals surface area contributed by atoms with Crippen LogP contribution in [0.15, 0.2) is 6.07 Å². The molecule has 0 radical (unpaired) electrons. The van der Waals surface area contributed by atoms with Crippen LogP contribution in [0.2, 0.25) is 0 Å². The van der Waals surface area contributed by atoms with Gasteiger partial charge in [-0.15, -0.1) is 11.3 Å². The molecule has 2 saturated heterocycles. The van der Waals surface area contributed by atoms with E-state index in [0.717, 1.165) is 82.8 Å². The fourth-order valence-corrected chi connectivity index (χ4v) is 5.99. The minimum absolute atomic E-state index is 0.0939. The number of amides is 2. The maximum Gasteiger partial charge on any atom is 0.263 e. The second-order valence-corrected chi connectivity index (χ2v) is 9.60. The number of likely N-dealkylation sites (tertiary alicyclic amines) is 1. The Balaban J connectivity index is 1.39. The highest BCUT2D eigenvalue weighted by molar-refractivity contribution is 7.14. The second kappa shape index (κ2) is 8.95. The Kier molecular flexibility index (Phi) is 6.36. The van der Waals surface area contributed by atoms with Crippen LogP contribution in [0.5, 0.6) is 0 Å². The van der Waals surface area contributed by atoms with Crippen molar-refractivity contribution in [2.24, 2.45) is 5.92 Å². The van der Waals surface area contributed by atoms with Gasteiger partial charge in [0.05, 0.1) is 4.88 Å². The summed E-state index contributed by atoms with van der Waals surface area (Å²) in [6.07, 6.45) is 7.40. The predicted molar refractivity (Wildman–Crippen MR) is 113 cm³/mol. The molecule has 5 nitrogen and oxygen atoms in total. The van der Waals surface area contributed by atoms with E-state index < -0.39 is 0 Å². The van der Waals surface area contributed by atoms with E-state index in [0.29, 0.717) is 5.91 Å². The molecule has 1 aromatic rings. The number of nitrogens with zero attached hydrogens (tertiary/aromatic N) is 3. The molecule has 3 heterocycles. The van der Waals surface area contributed by atoms with E-state index in [4.69, 9.17) is 0 Å². The first-order valence-electron chi connectivity index (χ1n) is 11.1. The maximum atomic E-state index is 13.0. The second-order valence-electron chi connectivity index (χ2n) is 8.46. The van der Waals surface area contributed by atoms with Crippen LogP contribution in [0.4, 0.5) is 0 Å². The van der Waals surface area contributed by atoms with Crippen molar-refractivity contribution in [3.63, 3.8) is 0 Å². The minimum atomic E-state index is 0.0939. The average Bonchev–Trinajstić information content (AvgIpc) is 2.97. The molecule has 0 bridgehead atoms. The number of fused-ring (bicyclic) bond motifs is 1. The van der Waals surface area contributed by atoms with Crippen LogP contribution in [0.1, 0.15) is 59.1 Å². The van der Waals surface area contributed by atoms with Gasteiger partial charge in [0.25, 0.3) is 5.91 Å². The van der Waals surface area contributed by atoms with Crippen LogP contribution in [0.3, 0.4) is 0 Å². The third kappa shape index (κ3) is 4.28. The molecule has 1 aliphatic carbocycles. The van der Waals surface area contributed by atoms with E-state index in [9.17, 15) is 9.59 Å². The zero-order chi connectivity index (χ0) is 19.5. The Morgan fingerprint density at radius 3 is 2.39 bits per heavy atom. The molecule has 2 amide bonds. The maximum absolute atomic E-state index is 13.0. The number of rotatable bonds is 3. The molecule has 154 valence electrons. The molecule has 6 heteroatoms. The van der Waals surface area contributed by atoms with Crippen molar-refractivity contribution in [1.29, 1.82) is 0 Å². The van der Waals surface area contributed by atoms with Crippen LogP contribution in [0, 0.1) is 5.92 Å². The number of carbonyl (C=O) groups is 2. The summed E-state index contributed by atoms with van der Waals surface area (Å²) in [5.74, 6) is 0.629. The number of hydrogen-bond donors (Lipinski definition) is 0. The van der Waals surface area contributed by atoms with E-state index in [1.807, 2.05) is 4.90 Å². The van der Waals surface area contributed by atoms with Gasteiger partial charge in [0, 0.05) is 50.1 Å². The SMILES string of the molecule is CCN1CCN(C(=O)C2CCc3sc(C(=O)N4CCCCCC4)cc3C2)CC1. The summed E-state index contributed by atoms with van der Waals surface area (Å²) in [5.41, 5.74) is 1.25. The van der Waals surface area contributed by atoms with Gasteiger partial charge in [-0.05, 0) is 50.3 Å². The first-order valence-corrected chi connectivity index (χ1v) is 11.9. The average molecular weight is 404 g/mol. The number of hydrogen-bond acceptors (Lipinski definition) is 4. The van der Waals surface area contributed by atoms with Crippen molar-refractivity contribution in [1.82, 2.24) is 14.7 Å². The van der Waals surface area contributed by atoms with Crippen molar-refractivity contribution >= 4 is 23.2 Å². The Labute approximate surface area is 172 Å². The first-order chi connectivity index (χ1) is 13.7. The standard InChI is InChI=1S/C22H33N3O2S/c1-2-23-11-13-25(14-12-23)21(26)17-7-8-19-18(15-17)16-20(28-19)22(27)24-9-5-3-4-6-10-24/h16-17H,2-15H2,1H3. The molecule has 4 rings (SSSR count). The van der Waals surface area contributed by atoms with E-state index in [1.54, 1.807) is 11.3 Å². The molecule has 3 aliphatic rings. The third-order valence-electron chi connectivity index (χ3n) is 6.67. The van der Waals surface area contributed by atoms with Crippen molar-refractivity contribution < 1.29 is 9.59 Å². The third-order valence-corrected chi connectivity index (χ3v) is 7.89. The van der Waals surface area contributed by atoms with Crippen LogP contribution >= 0.6 is 11.3 Å². The lowest BCUT2D eigenvalue weighted by Crippen LogP contribution is -2.50. The molecule has 28 heavy (non-hydrogen) atoms. The molecule has 1 aromatic heterocycles. The van der Waals surface area contributed by atoms with E-state index >= 15 is 0 Å². The zero-order valence-corrected chi connectivity index (χ0v) is 17.9. The molecule has 0 saturated carbocycles. The molecule has 0 N–H and O–H groups in total. The summed E-state index contributed by atoms with van der Waals surface area (Å²) in [5, 5.41) is 0. The number of carbonyl (C=O) groups excluding carboxylic acids is 2. The Morgan fingerprint density at radius 2 is 1.71 bits per heavy atom. The number of likely N-dealkylation sites (N-methyl/N-ethyl adjacent to an activating group) is 1. The quantitative estimate of drug-likeness (QED) is 0.779. The topological polar surface area (TPSA) is 43.9 Å². The van der Waals surface area contributed by atoms with Gasteiger partial charge in [-0.1, -0.05) is 19.8 Å². The summed E-state index contributed by atoms with van der Waals surface area (Å²) in [4.78, 5) is 34.7. The van der Waals surface area contributed by atoms with Crippen LogP contribution < -0.4 is 0 Å². The highest BCUT2D eigenvalue weighted by Gasteiger charge is 2.32. The molecular formula is C22H33N3O2S. The fraction of sp³-hybridized carbons (Fsp3) is 0.727. The Hall–Kier alpha value is -1.40. The highest BCUT2D eigenvalue weighted by atomic mass is 32.1. The van der Waals surface area contributed by atoms with Gasteiger partial charge in [0.2, 0.25) is 5.91 Å². The summed E-state index contributed by atoms with van der Waals surface area (Å²) in [6, 6.07) is 2.10. The van der Waals surface area contributed by atoms with Gasteiger partial charge in [0.1, 0.15) is 0 Å². The van der Waals surface area contributed by atoms with Crippen LogP contribution in [-0.2, 0) is 17.6 Å². The first kappa shape index (κ1) is 19.9. The zero-order valence-electron chi connectivity index (χ0n) is 17.1. The monoisotopic (exact) mass is 403 g/mol. The largest absolute Gasteiger partial charge is 0.340 e. The van der Waals surface area contributed by atoms with Crippen LogP contribution in [0.25, 0.3) is 0 Å². The van der Waals surface area contributed by atoms with E-state index in [1.165, 1.54) is 23.3 Å². The van der Waals surface area contributed by atoms with Crippen molar-refractivity contribution in [2.45, 2.75) is 51.9 Å². The lowest BCUT2D eigenvalue weighted by molar-refractivity contribution is -0.137. The summed E-state index contributed by atoms with van der Waals surface area (Å²) >= 11 is 1.67. The summed E-state index contributed by atoms with van der Waals surface area (Å²) in [6.45, 7) is 8.74. The van der Waals surface area contributed by atoms with Crippen molar-refractivity contribution in [2.75, 3.05) is 45.8 Å². The van der Waals surface area contributed by atoms with Gasteiger partial charge < -0.3 is 14.7 Å². The molecular weight excluding hydrogens is 370 g/mol. The molecule has 0 spiro atoms. The van der Waals surface area contributed by atoms with Crippen molar-refractivity contribution in [3.05, 3.63) is 21.4 Å².